The van der Waals surface area contributed by atoms with Gasteiger partial charge in [0.25, 0.3) is 0 Å². The van der Waals surface area contributed by atoms with E-state index in [1.807, 2.05) is 0 Å². The van der Waals surface area contributed by atoms with Crippen LogP contribution in [-0.4, -0.2) is 0 Å². The van der Waals surface area contributed by atoms with E-state index in [0.717, 1.165) is 0 Å². The Bertz CT molecular complexity index is 71.0. The van der Waals surface area contributed by atoms with Crippen molar-refractivity contribution in [1.29, 1.82) is 10.5 Å². The minimum absolute atomic E-state index is 0. The molecule has 0 radical (unpaired) electrons. The molecule has 0 aromatic rings. The molecule has 0 aromatic heterocycles. The molecule has 0 aliphatic rings. The van der Waals surface area contributed by atoms with E-state index in [0.29, 0.717) is 12.5 Å². The molecule has 6 heteroatoms. The summed E-state index contributed by atoms with van der Waals surface area (Å²) >= 11 is 0. The third-order valence-electron chi connectivity index (χ3n) is 0. The van der Waals surface area contributed by atoms with E-state index in [4.69, 9.17) is 20.7 Å². The molecule has 0 N–H and O–H groups in total. The molecule has 4 nitrogen and oxygen atoms in total. The summed E-state index contributed by atoms with van der Waals surface area (Å²) in [6.07, 6.45) is 1.00. The van der Waals surface area contributed by atoms with Crippen LogP contribution in [-0.2, 0) is 0 Å². The second kappa shape index (κ2) is 49.3. The smallest absolute Gasteiger partial charge is 0.812 e. The summed E-state index contributed by atoms with van der Waals surface area (Å²) in [5.74, 6) is 0. The molecule has 8 heavy (non-hydrogen) atoms. The third-order valence-corrected chi connectivity index (χ3v) is 0. The molecule has 0 fully saturated rings. The Labute approximate surface area is 91.3 Å². The Balaban J connectivity index is -0.0000000160. The van der Waals surface area contributed by atoms with E-state index < -0.39 is 0 Å². The van der Waals surface area contributed by atoms with Crippen LogP contribution in [0.2, 0.25) is 0 Å². The van der Waals surface area contributed by atoms with Gasteiger partial charge in [-0.3, -0.25) is 0 Å². The van der Waals surface area contributed by atoms with Crippen molar-refractivity contribution in [2.45, 2.75) is 0 Å². The first-order chi connectivity index (χ1) is 2.83. The normalized spacial score (nSPS) is 1.75. The molecule has 0 rings (SSSR count). The summed E-state index contributed by atoms with van der Waals surface area (Å²) in [5, 5.41) is 30.0. The van der Waals surface area contributed by atoms with Gasteiger partial charge in [-0.05, 0) is 0 Å². The van der Waals surface area contributed by atoms with Crippen LogP contribution < -0.4 is 69.3 Å². The molecule has 0 aliphatic heterocycles. The number of rotatable bonds is 0. The van der Waals surface area contributed by atoms with E-state index in [1.54, 1.807) is 0 Å². The quantitative estimate of drug-likeness (QED) is 0.240. The molecular formula is C2N2Na2O2. The molecule has 0 aliphatic carbocycles. The summed E-state index contributed by atoms with van der Waals surface area (Å²) in [6.45, 7) is 0. The summed E-state index contributed by atoms with van der Waals surface area (Å²) in [4.78, 5) is 0. The summed E-state index contributed by atoms with van der Waals surface area (Å²) < 4.78 is 0. The molecule has 0 bridgehead atoms. The van der Waals surface area contributed by atoms with Crippen molar-refractivity contribution in [1.82, 2.24) is 0 Å². The Hall–Kier alpha value is 0.580. The van der Waals surface area contributed by atoms with Crippen molar-refractivity contribution in [2.24, 2.45) is 0 Å². The molecule has 0 heterocycles. The Morgan fingerprint density at radius 3 is 0.875 bits per heavy atom. The van der Waals surface area contributed by atoms with Gasteiger partial charge >= 0.3 is 59.1 Å². The Morgan fingerprint density at radius 1 is 0.875 bits per heavy atom. The molecule has 0 saturated carbocycles. The van der Waals surface area contributed by atoms with Crippen molar-refractivity contribution < 1.29 is 69.3 Å². The third kappa shape index (κ3) is 609. The van der Waals surface area contributed by atoms with Gasteiger partial charge in [-0.2, -0.15) is 0 Å². The van der Waals surface area contributed by atoms with Crippen LogP contribution in [0.5, 0.6) is 0 Å². The van der Waals surface area contributed by atoms with E-state index in [9.17, 15) is 0 Å². The molecule has 0 atom stereocenters. The minimum Gasteiger partial charge on any atom is -0.812 e. The van der Waals surface area contributed by atoms with Crippen molar-refractivity contribution in [3.8, 4) is 12.5 Å². The number of hydrogen-bond donors (Lipinski definition) is 0. The van der Waals surface area contributed by atoms with Gasteiger partial charge < -0.3 is 10.2 Å². The number of nitriles is 2. The van der Waals surface area contributed by atoms with Crippen molar-refractivity contribution in [2.75, 3.05) is 0 Å². The van der Waals surface area contributed by atoms with Gasteiger partial charge in [0.2, 0.25) is 0 Å². The fourth-order valence-corrected chi connectivity index (χ4v) is 0. The van der Waals surface area contributed by atoms with Crippen LogP contribution in [0.3, 0.4) is 0 Å². The first kappa shape index (κ1) is 23.5. The minimum atomic E-state index is 0. The zero-order valence-corrected chi connectivity index (χ0v) is 8.71. The van der Waals surface area contributed by atoms with Crippen LogP contribution in [0.4, 0.5) is 0 Å². The predicted octanol–water partition coefficient (Wildman–Crippen LogP) is -8.34. The maximum atomic E-state index is 8.24. The molecule has 0 unspecified atom stereocenters. The van der Waals surface area contributed by atoms with Crippen molar-refractivity contribution in [3.05, 3.63) is 0 Å². The monoisotopic (exact) mass is 130 g/mol. The summed E-state index contributed by atoms with van der Waals surface area (Å²) in [6, 6.07) is 0. The van der Waals surface area contributed by atoms with Crippen molar-refractivity contribution in [3.63, 3.8) is 0 Å². The van der Waals surface area contributed by atoms with Gasteiger partial charge in [-0.1, -0.05) is 0 Å². The van der Waals surface area contributed by atoms with Crippen LogP contribution >= 0.6 is 0 Å². The zero-order chi connectivity index (χ0) is 5.41. The molecule has 0 saturated heterocycles. The van der Waals surface area contributed by atoms with Gasteiger partial charge in [0, 0.05) is 12.5 Å². The number of nitrogens with zero attached hydrogens (tertiary/aromatic N) is 2. The first-order valence-electron chi connectivity index (χ1n) is 0.855. The molecule has 0 amide bonds. The average molecular weight is 130 g/mol. The van der Waals surface area contributed by atoms with Gasteiger partial charge in [0.05, 0.1) is 0 Å². The van der Waals surface area contributed by atoms with Gasteiger partial charge in [-0.15, -0.1) is 0 Å². The summed E-state index contributed by atoms with van der Waals surface area (Å²) in [7, 11) is 0. The van der Waals surface area contributed by atoms with Gasteiger partial charge in [0.15, 0.2) is 0 Å². The van der Waals surface area contributed by atoms with E-state index >= 15 is 0 Å². The Kier molecular flexibility index (Phi) is 145. The Morgan fingerprint density at radius 2 is 0.875 bits per heavy atom. The maximum absolute atomic E-state index is 8.24. The first-order valence-corrected chi connectivity index (χ1v) is 0.855. The van der Waals surface area contributed by atoms with Crippen LogP contribution in [0.25, 0.3) is 0 Å². The van der Waals surface area contributed by atoms with E-state index in [-0.39, 0.29) is 59.1 Å². The second-order valence-electron chi connectivity index (χ2n) is 0.183. The zero-order valence-electron chi connectivity index (χ0n) is 4.71. The van der Waals surface area contributed by atoms with Crippen molar-refractivity contribution >= 4 is 0 Å². The summed E-state index contributed by atoms with van der Waals surface area (Å²) in [5.41, 5.74) is 0. The maximum Gasteiger partial charge on any atom is 1.00 e. The fraction of sp³-hybridized carbons (Fsp3) is 0. The average Bonchev–Trinajstić information content (AvgIpc) is 1.39. The second-order valence-corrected chi connectivity index (χ2v) is 0.183. The number of hydrogen-bond acceptors (Lipinski definition) is 4. The van der Waals surface area contributed by atoms with Crippen LogP contribution in [0.15, 0.2) is 0 Å². The van der Waals surface area contributed by atoms with Gasteiger partial charge in [-0.25, -0.2) is 10.5 Å². The van der Waals surface area contributed by atoms with E-state index in [2.05, 4.69) is 0 Å². The largest absolute Gasteiger partial charge is 1.00 e. The standard InChI is InChI=1S/2CHNO.2Na/c2*2-1-3;;/h2*3H;;/q;;2*+1/p-2. The molecule has 0 spiro atoms. The van der Waals surface area contributed by atoms with Crippen LogP contribution in [0, 0.1) is 23.0 Å². The molecule has 0 aromatic carbocycles. The fourth-order valence-electron chi connectivity index (χ4n) is 0. The van der Waals surface area contributed by atoms with Crippen LogP contribution in [0.1, 0.15) is 0 Å². The molecule has 32 valence electrons. The SMILES string of the molecule is N#C[O-].N#C[O-].[Na+].[Na+]. The predicted molar refractivity (Wildman–Crippen MR) is 11.2 cm³/mol. The van der Waals surface area contributed by atoms with E-state index in [1.165, 1.54) is 0 Å². The topological polar surface area (TPSA) is 93.7 Å². The van der Waals surface area contributed by atoms with Gasteiger partial charge in [0.1, 0.15) is 0 Å². The molecular weight excluding hydrogens is 130 g/mol.